The number of aliphatic hydroxyl groups excluding tert-OH is 2. The number of carbonyl (C=O) groups is 4. The summed E-state index contributed by atoms with van der Waals surface area (Å²) in [6.07, 6.45) is 28.2. The molecule has 2 N–H and O–H groups in total. The molecule has 784 valence electrons. The smallest absolute Gasteiger partial charge is 0.224 e. The van der Waals surface area contributed by atoms with Gasteiger partial charge in [0.15, 0.2) is 53.2 Å². The van der Waals surface area contributed by atoms with Crippen molar-refractivity contribution in [3.63, 3.8) is 0 Å². The van der Waals surface area contributed by atoms with Gasteiger partial charge < -0.3 is 58.2 Å². The number of likely N-dealkylation sites (N-methyl/N-ethyl adjacent to an activating group) is 4. The highest BCUT2D eigenvalue weighted by Gasteiger charge is 2.42. The Labute approximate surface area is 871 Å². The summed E-state index contributed by atoms with van der Waals surface area (Å²) in [7, 11) is 7.58. The van der Waals surface area contributed by atoms with E-state index in [1.165, 1.54) is 43.1 Å². The Balaban J connectivity index is 0.000000157. The van der Waals surface area contributed by atoms with Crippen LogP contribution in [0.15, 0.2) is 147 Å². The maximum absolute atomic E-state index is 13.8. The number of hydrogen-bond donors (Lipinski definition) is 2. The van der Waals surface area contributed by atoms with Crippen LogP contribution in [0, 0.1) is 46.3 Å². The molecule has 6 aliphatic rings. The van der Waals surface area contributed by atoms with Crippen molar-refractivity contribution in [2.75, 3.05) is 127 Å². The zero-order chi connectivity index (χ0) is 106. The minimum atomic E-state index is -0.383. The van der Waals surface area contributed by atoms with E-state index in [2.05, 4.69) is 105 Å². The molecule has 2 aliphatic heterocycles. The average Bonchev–Trinajstić information content (AvgIpc) is 1.63. The van der Waals surface area contributed by atoms with Crippen LogP contribution in [0.3, 0.4) is 0 Å². The second-order valence-electron chi connectivity index (χ2n) is 41.0. The molecule has 2 fully saturated rings. The molecule has 14 heterocycles. The molecule has 0 aromatic carbocycles. The summed E-state index contributed by atoms with van der Waals surface area (Å²) < 4.78 is 59.2. The normalized spacial score (nSPS) is 15.9. The molecule has 2 unspecified atom stereocenters. The van der Waals surface area contributed by atoms with Crippen molar-refractivity contribution in [1.29, 1.82) is 0 Å². The van der Waals surface area contributed by atoms with Gasteiger partial charge in [0.2, 0.25) is 5.28 Å². The maximum atomic E-state index is 13.8. The number of nitrogens with zero attached hydrogens (tertiary/aromatic N) is 20. The van der Waals surface area contributed by atoms with E-state index in [9.17, 15) is 28.0 Å². The third kappa shape index (κ3) is 31.7. The fraction of sp³-hybridized carbons (Fsp3) is 0.469. The lowest BCUT2D eigenvalue weighted by Gasteiger charge is -2.27. The quantitative estimate of drug-likeness (QED) is 0.0279. The number of anilines is 4. The first kappa shape index (κ1) is 112. The summed E-state index contributed by atoms with van der Waals surface area (Å²) in [4.78, 5) is 131. The minimum absolute atomic E-state index is 0.00651. The number of fused-ring (bicyclic) bond motifs is 4. The van der Waals surface area contributed by atoms with Gasteiger partial charge in [0.25, 0.3) is 0 Å². The van der Waals surface area contributed by atoms with E-state index in [1.54, 1.807) is 56.2 Å². The first-order chi connectivity index (χ1) is 70.7. The molecule has 18 rings (SSSR count). The van der Waals surface area contributed by atoms with E-state index in [0.717, 1.165) is 204 Å². The van der Waals surface area contributed by atoms with Gasteiger partial charge in [-0.2, -0.15) is 0 Å². The highest BCUT2D eigenvalue weighted by atomic mass is 35.5. The Morgan fingerprint density at radius 2 is 0.689 bits per heavy atom. The number of rotatable bonds is 34. The molecule has 0 spiro atoms. The minimum Gasteiger partial charge on any atom is -0.491 e. The predicted molar refractivity (Wildman–Crippen MR) is 565 cm³/mol. The van der Waals surface area contributed by atoms with E-state index in [4.69, 9.17) is 80.1 Å². The second kappa shape index (κ2) is 52.2. The molecule has 148 heavy (non-hydrogen) atoms. The Hall–Kier alpha value is -13.1. The molecule has 4 aliphatic carbocycles. The van der Waals surface area contributed by atoms with Crippen molar-refractivity contribution < 1.29 is 66.6 Å². The number of halogens is 3. The zero-order valence-corrected chi connectivity index (χ0v) is 89.0. The Morgan fingerprint density at radius 3 is 1.00 bits per heavy atom. The number of ketones is 4. The monoisotopic (exact) mass is 2040 g/mol. The summed E-state index contributed by atoms with van der Waals surface area (Å²) in [5, 5.41) is 17.7. The molecule has 12 aromatic heterocycles. The van der Waals surface area contributed by atoms with Gasteiger partial charge in [0, 0.05) is 186 Å². The number of hydrogen-bond acceptors (Lipinski definition) is 32. The molecule has 12 aromatic rings. The van der Waals surface area contributed by atoms with Gasteiger partial charge in [-0.3, -0.25) is 59.0 Å². The van der Waals surface area contributed by atoms with Crippen LogP contribution >= 0.6 is 11.6 Å². The van der Waals surface area contributed by atoms with Crippen LogP contribution in [0.2, 0.25) is 5.28 Å². The average molecular weight is 2040 g/mol. The van der Waals surface area contributed by atoms with Crippen LogP contribution in [0.4, 0.5) is 32.1 Å². The molecular weight excluding hydrogens is 1900 g/mol. The Morgan fingerprint density at radius 1 is 0.372 bits per heavy atom. The lowest BCUT2D eigenvalue weighted by molar-refractivity contribution is -0.166. The fourth-order valence-corrected chi connectivity index (χ4v) is 18.9. The van der Waals surface area contributed by atoms with Crippen molar-refractivity contribution >= 4 is 58.0 Å². The Kier molecular flexibility index (Phi) is 39.5. The number of aryl methyl sites for hydroxylation is 9. The number of aliphatic hydroxyl groups is 2. The molecular formula is C113H139ClF2N20O12. The predicted octanol–water partition coefficient (Wildman–Crippen LogP) is 16.9. The van der Waals surface area contributed by atoms with Crippen LogP contribution in [-0.4, -0.2) is 233 Å². The van der Waals surface area contributed by atoms with Crippen molar-refractivity contribution in [3.05, 3.63) is 259 Å². The van der Waals surface area contributed by atoms with Gasteiger partial charge >= 0.3 is 0 Å². The van der Waals surface area contributed by atoms with E-state index in [-0.39, 0.29) is 120 Å². The zero-order valence-electron chi connectivity index (χ0n) is 88.3. The van der Waals surface area contributed by atoms with Crippen LogP contribution in [0.1, 0.15) is 215 Å². The maximum Gasteiger partial charge on any atom is 0.224 e. The molecule has 2 saturated heterocycles. The van der Waals surface area contributed by atoms with Crippen LogP contribution < -0.4 is 29.1 Å². The first-order valence-electron chi connectivity index (χ1n) is 50.7. The molecule has 0 saturated carbocycles. The van der Waals surface area contributed by atoms with Crippen molar-refractivity contribution in [1.82, 2.24) is 79.7 Å². The second-order valence-corrected chi connectivity index (χ2v) is 41.3. The van der Waals surface area contributed by atoms with Gasteiger partial charge in [-0.25, -0.2) is 48.7 Å². The third-order valence-electron chi connectivity index (χ3n) is 26.5. The number of carbonyl (C=O) groups excluding carboxylic acids is 4. The molecule has 0 amide bonds. The molecule has 0 radical (unpaired) electrons. The van der Waals surface area contributed by atoms with E-state index in [1.807, 2.05) is 136 Å². The molecule has 32 nitrogen and oxygen atoms in total. The SMILES string of the molecule is Cc1cc(F)ccn1.Cc1ccc(CC(=O)CN(C)c2nc(-c3cc(F)ccn3)nc3c2C(C)(C)CC3)cn1.Cc1ccc(CC(=O)CN(C)c2nc(-c3cc(OCCO)ccn3)nc3c2C(C)(C)CC3)cn1.Cc1ccc(CC(=O)CN(C)c2nc(-c3cc(OCCOC4CCCCO4)ccn3)nc3c2C(C)(C)CC3)cn1.Cc1ccc(CC(=O)CN(C)c2nc(Cl)nc3c2C(C)(C)CC3)cn1.OCCOC1CCCCO1. The summed E-state index contributed by atoms with van der Waals surface area (Å²) >= 11 is 6.10. The van der Waals surface area contributed by atoms with Crippen molar-refractivity contribution in [2.24, 2.45) is 0 Å². The molecule has 2 atom stereocenters. The number of Topliss-reactive ketones (excluding diaryl/α,β-unsaturated/α-hetero) is 4. The summed E-state index contributed by atoms with van der Waals surface area (Å²) in [6.45, 7) is 31.0. The molecule has 0 bridgehead atoms. The van der Waals surface area contributed by atoms with Crippen molar-refractivity contribution in [3.8, 4) is 46.1 Å². The molecule has 35 heteroatoms. The van der Waals surface area contributed by atoms with Gasteiger partial charge in [-0.1, -0.05) is 79.7 Å². The van der Waals surface area contributed by atoms with Crippen LogP contribution in [-0.2, 0) is 111 Å². The van der Waals surface area contributed by atoms with Crippen LogP contribution in [0.5, 0.6) is 11.5 Å². The standard InChI is InChI=1S/C31H39N5O4.C26H31N5O3.C24H26FN5O.C19H23ClN4O.C7H14O3.C6H6FN/c1-21-8-9-22(19-33-21)17-23(37)20-36(4)30-28-25(10-12-31(28,2)3)34-29(35-30)26-18-24(11-13-32-26)38-15-16-40-27-7-5-6-14-39-27;1-17-5-6-18(15-28-17)13-19(33)16-31(4)25-23-21(7-9-26(23,2)3)29-24(30-25)22-14-20(8-10-27-22)34-12-11-32;1-15-5-6-16(13-27-15)11-18(31)14-30(4)23-21-19(7-9-24(21,2)3)28-22(29-23)20-12-17(25)8-10-26-20;1-12-5-6-13(10-21-12)9-14(25)11-24(4)17-16-15(22-18(20)23-17)7-8-19(16,2)3;8-4-6-10-7-3-1-2-5-9-7;1-5-4-6(7)2-3-8-5/h8-9,11,13,18-19,27H,5-7,10,12,14-17,20H2,1-4H3;5-6,8,10,14-15,32H,7,9,11-13,16H2,1-4H3;5-6,8,10,12-13H,7,9,11,14H2,1-4H3;5-6,10H,7-9,11H2,1-4H3;7-8H,1-6H2;2-4H,1H3. The lowest BCUT2D eigenvalue weighted by atomic mass is 9.87. The van der Waals surface area contributed by atoms with Gasteiger partial charge in [0.1, 0.15) is 76.7 Å². The van der Waals surface area contributed by atoms with Gasteiger partial charge in [-0.15, -0.1) is 0 Å². The topological polar surface area (TPSA) is 383 Å². The fourth-order valence-electron chi connectivity index (χ4n) is 18.7. The van der Waals surface area contributed by atoms with E-state index < -0.39 is 0 Å². The lowest BCUT2D eigenvalue weighted by Crippen LogP contribution is -2.30. The largest absolute Gasteiger partial charge is 0.491 e. The Bertz CT molecular complexity index is 6480. The van der Waals surface area contributed by atoms with Gasteiger partial charge in [0.05, 0.1) is 75.4 Å². The number of ether oxygens (including phenoxy) is 6. The summed E-state index contributed by atoms with van der Waals surface area (Å²) in [5.41, 5.74) is 17.8. The third-order valence-corrected chi connectivity index (χ3v) is 26.7. The van der Waals surface area contributed by atoms with Crippen LogP contribution in [0.25, 0.3) is 34.6 Å². The first-order valence-corrected chi connectivity index (χ1v) is 51.1. The highest BCUT2D eigenvalue weighted by molar-refractivity contribution is 6.28. The highest BCUT2D eigenvalue weighted by Crippen LogP contribution is 2.48. The summed E-state index contributed by atoms with van der Waals surface area (Å²) in [6, 6.07) is 28.0. The van der Waals surface area contributed by atoms with Crippen molar-refractivity contribution in [2.45, 2.75) is 240 Å². The van der Waals surface area contributed by atoms with Gasteiger partial charge in [-0.05, 0) is 235 Å². The van der Waals surface area contributed by atoms with E-state index >= 15 is 0 Å². The van der Waals surface area contributed by atoms with E-state index in [0.29, 0.717) is 103 Å². The summed E-state index contributed by atoms with van der Waals surface area (Å²) in [5.74, 6) is 5.51. The number of aromatic nitrogens is 16. The number of pyridine rings is 8.